The van der Waals surface area contributed by atoms with Gasteiger partial charge in [0.2, 0.25) is 0 Å². The normalized spacial score (nSPS) is 13.9. The number of halogens is 4. The number of amides is 2. The van der Waals surface area contributed by atoms with E-state index in [1.54, 1.807) is 0 Å². The zero-order valence-corrected chi connectivity index (χ0v) is 24.2. The summed E-state index contributed by atoms with van der Waals surface area (Å²) in [6, 6.07) is 5.86. The number of aromatic nitrogens is 2. The van der Waals surface area contributed by atoms with Crippen molar-refractivity contribution >= 4 is 83.0 Å². The second-order valence-corrected chi connectivity index (χ2v) is 11.0. The Morgan fingerprint density at radius 2 is 1.44 bits per heavy atom. The summed E-state index contributed by atoms with van der Waals surface area (Å²) in [7, 11) is 4.34. The average Bonchev–Trinajstić information content (AvgIpc) is 3.31. The van der Waals surface area contributed by atoms with E-state index >= 15 is 0 Å². The molecule has 0 aliphatic carbocycles. The molecule has 2 amide bonds. The van der Waals surface area contributed by atoms with Crippen LogP contribution in [0.2, 0.25) is 0 Å². The van der Waals surface area contributed by atoms with E-state index in [0.29, 0.717) is 11.8 Å². The summed E-state index contributed by atoms with van der Waals surface area (Å²) in [5.74, 6) is 1.01. The number of nitrogens with one attached hydrogen (secondary N) is 2. The van der Waals surface area contributed by atoms with E-state index in [4.69, 9.17) is 34.8 Å². The Morgan fingerprint density at radius 3 is 1.91 bits per heavy atom. The predicted octanol–water partition coefficient (Wildman–Crippen LogP) is 5.64. The van der Waals surface area contributed by atoms with Gasteiger partial charge in [-0.15, -0.1) is 0 Å². The van der Waals surface area contributed by atoms with Gasteiger partial charge in [-0.2, -0.15) is 0 Å². The SMILES string of the molecule is CC(C)c1c(Br)cc2n1CCNC2=O.CC(C)c1ccc2n1CCNC2=O.ClC(Cl)Cl.[B]=NS. The van der Waals surface area contributed by atoms with Crippen molar-refractivity contribution in [3.05, 3.63) is 45.4 Å². The van der Waals surface area contributed by atoms with Crippen molar-refractivity contribution in [3.63, 3.8) is 0 Å². The van der Waals surface area contributed by atoms with Crippen LogP contribution in [0.15, 0.2) is 27.0 Å². The molecule has 4 rings (SSSR count). The minimum atomic E-state index is -0.750. The van der Waals surface area contributed by atoms with Crippen LogP contribution in [-0.4, -0.2) is 46.0 Å². The van der Waals surface area contributed by atoms with Crippen LogP contribution in [0.5, 0.6) is 0 Å². The molecule has 0 bridgehead atoms. The molecule has 0 spiro atoms. The molecule has 7 nitrogen and oxygen atoms in total. The first-order valence-corrected chi connectivity index (χ1v) is 13.1. The quantitative estimate of drug-likeness (QED) is 0.233. The molecule has 2 aliphatic heterocycles. The maximum atomic E-state index is 11.5. The molecular formula is C21H29BBrCl3N5O2S. The van der Waals surface area contributed by atoms with Gasteiger partial charge in [0.15, 0.2) is 4.30 Å². The predicted molar refractivity (Wildman–Crippen MR) is 148 cm³/mol. The molecule has 2 aromatic rings. The Labute approximate surface area is 231 Å². The van der Waals surface area contributed by atoms with Crippen LogP contribution in [-0.2, 0) is 13.1 Å². The van der Waals surface area contributed by atoms with E-state index in [2.05, 4.69) is 88.1 Å². The van der Waals surface area contributed by atoms with Crippen molar-refractivity contribution < 1.29 is 9.59 Å². The summed E-state index contributed by atoms with van der Waals surface area (Å²) >= 11 is 21.1. The van der Waals surface area contributed by atoms with E-state index in [9.17, 15) is 9.59 Å². The third kappa shape index (κ3) is 8.93. The summed E-state index contributed by atoms with van der Waals surface area (Å²) in [5.41, 5.74) is 4.04. The number of alkyl halides is 3. The third-order valence-electron chi connectivity index (χ3n) is 4.95. The molecular weight excluding hydrogens is 583 g/mol. The molecule has 0 aromatic carbocycles. The molecule has 0 saturated carbocycles. The number of fused-ring (bicyclic) bond motifs is 2. The zero-order chi connectivity index (χ0) is 26.0. The molecule has 1 radical (unpaired) electrons. The average molecular weight is 613 g/mol. The number of nitrogens with zero attached hydrogens (tertiary/aromatic N) is 3. The van der Waals surface area contributed by atoms with Gasteiger partial charge in [-0.1, -0.05) is 62.5 Å². The molecule has 2 aliphatic rings. The third-order valence-corrected chi connectivity index (χ3v) is 5.58. The Balaban J connectivity index is 0.000000269. The van der Waals surface area contributed by atoms with Crippen molar-refractivity contribution in [2.45, 2.75) is 56.9 Å². The monoisotopic (exact) mass is 610 g/mol. The number of carbonyl (C=O) groups is 2. The Bertz CT molecular complexity index is 979. The second kappa shape index (κ2) is 15.2. The number of rotatable bonds is 2. The van der Waals surface area contributed by atoms with Crippen molar-refractivity contribution in [2.24, 2.45) is 4.30 Å². The van der Waals surface area contributed by atoms with Crippen LogP contribution < -0.4 is 10.6 Å². The van der Waals surface area contributed by atoms with Gasteiger partial charge in [0.1, 0.15) is 11.4 Å². The van der Waals surface area contributed by atoms with Gasteiger partial charge < -0.3 is 19.8 Å². The minimum absolute atomic E-state index is 0.0313. The Morgan fingerprint density at radius 1 is 0.971 bits per heavy atom. The van der Waals surface area contributed by atoms with E-state index in [1.807, 2.05) is 18.2 Å². The van der Waals surface area contributed by atoms with Crippen LogP contribution in [0.25, 0.3) is 0 Å². The molecule has 2 aromatic heterocycles. The summed E-state index contributed by atoms with van der Waals surface area (Å²) in [5, 5.41) is 5.67. The van der Waals surface area contributed by atoms with Gasteiger partial charge in [-0.3, -0.25) is 9.59 Å². The van der Waals surface area contributed by atoms with E-state index < -0.39 is 4.30 Å². The molecule has 2 N–H and O–H groups in total. The number of carbonyl (C=O) groups excluding carboxylic acids is 2. The summed E-state index contributed by atoms with van der Waals surface area (Å²) in [6.45, 7) is 11.8. The van der Waals surface area contributed by atoms with E-state index in [-0.39, 0.29) is 11.8 Å². The van der Waals surface area contributed by atoms with Crippen molar-refractivity contribution in [1.29, 1.82) is 0 Å². The molecule has 0 fully saturated rings. The van der Waals surface area contributed by atoms with Gasteiger partial charge in [-0.25, -0.2) is 0 Å². The fourth-order valence-electron chi connectivity index (χ4n) is 3.73. The summed E-state index contributed by atoms with van der Waals surface area (Å²) < 4.78 is 7.21. The van der Waals surface area contributed by atoms with Gasteiger partial charge in [0.05, 0.1) is 0 Å². The molecule has 187 valence electrons. The van der Waals surface area contributed by atoms with Crippen molar-refractivity contribution in [2.75, 3.05) is 13.1 Å². The molecule has 0 atom stereocenters. The molecule has 0 unspecified atom stereocenters. The van der Waals surface area contributed by atoms with Crippen molar-refractivity contribution in [3.8, 4) is 0 Å². The number of hydrogen-bond acceptors (Lipinski definition) is 4. The first-order chi connectivity index (χ1) is 16.0. The van der Waals surface area contributed by atoms with Crippen LogP contribution in [0.1, 0.15) is 71.9 Å². The summed E-state index contributed by atoms with van der Waals surface area (Å²) in [6.07, 6.45) is 0. The Hall–Kier alpha value is -0.935. The first-order valence-electron chi connectivity index (χ1n) is 10.6. The van der Waals surface area contributed by atoms with E-state index in [1.165, 1.54) is 11.4 Å². The van der Waals surface area contributed by atoms with Crippen LogP contribution in [0.4, 0.5) is 0 Å². The van der Waals surface area contributed by atoms with Crippen molar-refractivity contribution in [1.82, 2.24) is 19.8 Å². The number of hydrogen-bond donors (Lipinski definition) is 3. The number of thiol groups is 1. The second-order valence-electron chi connectivity index (χ2n) is 7.89. The van der Waals surface area contributed by atoms with E-state index in [0.717, 1.165) is 42.0 Å². The fourth-order valence-corrected chi connectivity index (χ4v) is 4.61. The first kappa shape index (κ1) is 31.1. The molecule has 13 heteroatoms. The van der Waals surface area contributed by atoms with Gasteiger partial charge in [0.25, 0.3) is 11.8 Å². The van der Waals surface area contributed by atoms with Crippen LogP contribution in [0, 0.1) is 0 Å². The van der Waals surface area contributed by atoms with Crippen LogP contribution >= 0.6 is 63.5 Å². The molecule has 0 saturated heterocycles. The Kier molecular flexibility index (Phi) is 13.9. The summed E-state index contributed by atoms with van der Waals surface area (Å²) in [4.78, 5) is 22.9. The zero-order valence-electron chi connectivity index (χ0n) is 19.5. The van der Waals surface area contributed by atoms with Crippen LogP contribution in [0.3, 0.4) is 0 Å². The maximum absolute atomic E-state index is 11.5. The van der Waals surface area contributed by atoms with Gasteiger partial charge >= 0.3 is 24.8 Å². The van der Waals surface area contributed by atoms with Gasteiger partial charge in [0, 0.05) is 42.0 Å². The topological polar surface area (TPSA) is 80.4 Å². The molecule has 34 heavy (non-hydrogen) atoms. The standard InChI is InChI=1S/C10H13BrN2O.C10H14N2O.CHCl3.BHNS/c1-6(2)9-7(11)5-8-10(14)12-3-4-13(8)9;1-7(2)8-3-4-9-10(13)11-5-6-12(8)9;2-1(3)4;1-2-3/h5-6H,3-4H2,1-2H3,(H,12,14);3-4,7H,5-6H2,1-2H3,(H,11,13);1H;3H. The van der Waals surface area contributed by atoms with Gasteiger partial charge in [-0.05, 0) is 46.0 Å². The molecule has 4 heterocycles. The fraction of sp³-hybridized carbons (Fsp3) is 0.524.